The summed E-state index contributed by atoms with van der Waals surface area (Å²) in [6.07, 6.45) is 6.58. The van der Waals surface area contributed by atoms with Crippen LogP contribution in [-0.2, 0) is 11.2 Å². The zero-order chi connectivity index (χ0) is 15.5. The van der Waals surface area contributed by atoms with Crippen molar-refractivity contribution in [3.63, 3.8) is 0 Å². The topological polar surface area (TPSA) is 66.4 Å². The van der Waals surface area contributed by atoms with Gasteiger partial charge in [0.1, 0.15) is 0 Å². The van der Waals surface area contributed by atoms with Crippen LogP contribution in [0.3, 0.4) is 0 Å². The molecule has 2 N–H and O–H groups in total. The lowest BCUT2D eigenvalue weighted by atomic mass is 9.86. The molecule has 3 unspecified atom stereocenters. The van der Waals surface area contributed by atoms with E-state index in [0.29, 0.717) is 30.9 Å². The number of hydrogen-bond acceptors (Lipinski definition) is 2. The molecule has 22 heavy (non-hydrogen) atoms. The quantitative estimate of drug-likeness (QED) is 0.849. The third-order valence-electron chi connectivity index (χ3n) is 5.24. The minimum Gasteiger partial charge on any atom is -0.478 e. The van der Waals surface area contributed by atoms with Gasteiger partial charge in [0.25, 0.3) is 0 Å². The molecule has 3 atom stereocenters. The minimum absolute atomic E-state index is 0.145. The first kappa shape index (κ1) is 15.1. The Kier molecular flexibility index (Phi) is 4.46. The maximum Gasteiger partial charge on any atom is 0.335 e. The van der Waals surface area contributed by atoms with Crippen molar-refractivity contribution in [1.29, 1.82) is 0 Å². The number of carboxylic acid groups (broad SMARTS) is 1. The van der Waals surface area contributed by atoms with Crippen molar-refractivity contribution in [2.75, 3.05) is 6.54 Å². The van der Waals surface area contributed by atoms with Gasteiger partial charge in [-0.2, -0.15) is 0 Å². The lowest BCUT2D eigenvalue weighted by Crippen LogP contribution is -2.29. The molecule has 0 heterocycles. The number of carboxylic acids is 1. The summed E-state index contributed by atoms with van der Waals surface area (Å²) in [4.78, 5) is 23.0. The molecule has 118 valence electrons. The summed E-state index contributed by atoms with van der Waals surface area (Å²) < 4.78 is 0. The maximum atomic E-state index is 12.0. The van der Waals surface area contributed by atoms with Crippen LogP contribution in [0.1, 0.15) is 48.0 Å². The van der Waals surface area contributed by atoms with Crippen molar-refractivity contribution >= 4 is 11.9 Å². The van der Waals surface area contributed by atoms with Crippen LogP contribution in [-0.4, -0.2) is 23.5 Å². The van der Waals surface area contributed by atoms with E-state index in [1.165, 1.54) is 25.7 Å². The zero-order valence-electron chi connectivity index (χ0n) is 12.8. The van der Waals surface area contributed by atoms with Gasteiger partial charge in [-0.1, -0.05) is 18.6 Å². The number of benzene rings is 1. The van der Waals surface area contributed by atoms with Crippen molar-refractivity contribution in [1.82, 2.24) is 5.32 Å². The van der Waals surface area contributed by atoms with Crippen molar-refractivity contribution in [3.8, 4) is 0 Å². The molecule has 2 aliphatic rings. The molecule has 0 spiro atoms. The SMILES string of the molecule is O=C(CC1CC2CCC1C2)NCCc1cccc(C(=O)O)c1. The average molecular weight is 301 g/mol. The van der Waals surface area contributed by atoms with Crippen LogP contribution in [0.2, 0.25) is 0 Å². The van der Waals surface area contributed by atoms with E-state index in [1.807, 2.05) is 6.07 Å². The van der Waals surface area contributed by atoms with E-state index in [4.69, 9.17) is 5.11 Å². The summed E-state index contributed by atoms with van der Waals surface area (Å²) in [6.45, 7) is 0.572. The molecule has 2 fully saturated rings. The van der Waals surface area contributed by atoms with Crippen LogP contribution in [0.4, 0.5) is 0 Å². The van der Waals surface area contributed by atoms with E-state index in [1.54, 1.807) is 18.2 Å². The normalized spacial score (nSPS) is 26.1. The second-order valence-corrected chi connectivity index (χ2v) is 6.74. The van der Waals surface area contributed by atoms with Crippen molar-refractivity contribution in [2.24, 2.45) is 17.8 Å². The second-order valence-electron chi connectivity index (χ2n) is 6.74. The summed E-state index contributed by atoms with van der Waals surface area (Å²) in [5.74, 6) is 1.48. The first-order chi connectivity index (χ1) is 10.6. The van der Waals surface area contributed by atoms with Gasteiger partial charge in [0.15, 0.2) is 0 Å². The van der Waals surface area contributed by atoms with Gasteiger partial charge in [0, 0.05) is 13.0 Å². The summed E-state index contributed by atoms with van der Waals surface area (Å²) in [5, 5.41) is 11.9. The lowest BCUT2D eigenvalue weighted by molar-refractivity contribution is -0.122. The maximum absolute atomic E-state index is 12.0. The molecule has 0 radical (unpaired) electrons. The highest BCUT2D eigenvalue weighted by atomic mass is 16.4. The predicted octanol–water partition coefficient (Wildman–Crippen LogP) is 2.87. The highest BCUT2D eigenvalue weighted by molar-refractivity contribution is 5.87. The standard InChI is InChI=1S/C18H23NO3/c20-17(11-16-10-13-4-5-14(16)9-13)19-7-6-12-2-1-3-15(8-12)18(21)22/h1-3,8,13-14,16H,4-7,9-11H2,(H,19,20)(H,21,22). The monoisotopic (exact) mass is 301 g/mol. The highest BCUT2D eigenvalue weighted by Gasteiger charge is 2.39. The lowest BCUT2D eigenvalue weighted by Gasteiger charge is -2.20. The first-order valence-electron chi connectivity index (χ1n) is 8.20. The number of carbonyl (C=O) groups is 2. The molecule has 2 bridgehead atoms. The van der Waals surface area contributed by atoms with Gasteiger partial charge in [0.2, 0.25) is 5.91 Å². The zero-order valence-corrected chi connectivity index (χ0v) is 12.8. The highest BCUT2D eigenvalue weighted by Crippen LogP contribution is 2.49. The molecule has 3 rings (SSSR count). The Hall–Kier alpha value is -1.84. The molecule has 2 saturated carbocycles. The number of rotatable bonds is 6. The van der Waals surface area contributed by atoms with Crippen molar-refractivity contribution < 1.29 is 14.7 Å². The van der Waals surface area contributed by atoms with Gasteiger partial charge in [-0.05, 0) is 61.1 Å². The van der Waals surface area contributed by atoms with Crippen LogP contribution in [0.25, 0.3) is 0 Å². The fraction of sp³-hybridized carbons (Fsp3) is 0.556. The summed E-state index contributed by atoms with van der Waals surface area (Å²) >= 11 is 0. The number of amides is 1. The smallest absolute Gasteiger partial charge is 0.335 e. The van der Waals surface area contributed by atoms with Crippen LogP contribution >= 0.6 is 0 Å². The van der Waals surface area contributed by atoms with Gasteiger partial charge in [0.05, 0.1) is 5.56 Å². The van der Waals surface area contributed by atoms with Gasteiger partial charge >= 0.3 is 5.97 Å². The van der Waals surface area contributed by atoms with Crippen LogP contribution in [0.5, 0.6) is 0 Å². The molecular formula is C18H23NO3. The molecular weight excluding hydrogens is 278 g/mol. The molecule has 2 aliphatic carbocycles. The molecule has 4 nitrogen and oxygen atoms in total. The minimum atomic E-state index is -0.915. The van der Waals surface area contributed by atoms with Crippen LogP contribution < -0.4 is 5.32 Å². The van der Waals surface area contributed by atoms with Crippen LogP contribution in [0.15, 0.2) is 24.3 Å². The van der Waals surface area contributed by atoms with Gasteiger partial charge in [-0.3, -0.25) is 4.79 Å². The van der Waals surface area contributed by atoms with E-state index in [2.05, 4.69) is 5.32 Å². The first-order valence-corrected chi connectivity index (χ1v) is 8.20. The van der Waals surface area contributed by atoms with E-state index < -0.39 is 5.97 Å². The van der Waals surface area contributed by atoms with E-state index in [9.17, 15) is 9.59 Å². The molecule has 4 heteroatoms. The Labute approximate surface area is 130 Å². The number of carbonyl (C=O) groups excluding carboxylic acids is 1. The van der Waals surface area contributed by atoms with Gasteiger partial charge in [-0.15, -0.1) is 0 Å². The third kappa shape index (κ3) is 3.49. The van der Waals surface area contributed by atoms with Crippen molar-refractivity contribution in [2.45, 2.75) is 38.5 Å². The number of hydrogen-bond donors (Lipinski definition) is 2. The second kappa shape index (κ2) is 6.51. The number of aromatic carboxylic acids is 1. The van der Waals surface area contributed by atoms with E-state index in [-0.39, 0.29) is 5.91 Å². The molecule has 0 saturated heterocycles. The average Bonchev–Trinajstić information content (AvgIpc) is 3.10. The Bertz CT molecular complexity index is 569. The molecule has 0 aromatic heterocycles. The number of nitrogens with one attached hydrogen (secondary N) is 1. The fourth-order valence-electron chi connectivity index (χ4n) is 4.14. The van der Waals surface area contributed by atoms with E-state index >= 15 is 0 Å². The van der Waals surface area contributed by atoms with Gasteiger partial charge < -0.3 is 10.4 Å². The van der Waals surface area contributed by atoms with Gasteiger partial charge in [-0.25, -0.2) is 4.79 Å². The fourth-order valence-corrected chi connectivity index (χ4v) is 4.14. The Morgan fingerprint density at radius 2 is 2.09 bits per heavy atom. The Balaban J connectivity index is 1.42. The molecule has 1 aromatic rings. The predicted molar refractivity (Wildman–Crippen MR) is 83.7 cm³/mol. The van der Waals surface area contributed by atoms with Crippen LogP contribution in [0, 0.1) is 17.8 Å². The number of fused-ring (bicyclic) bond motifs is 2. The third-order valence-corrected chi connectivity index (χ3v) is 5.24. The summed E-state index contributed by atoms with van der Waals surface area (Å²) in [5.41, 5.74) is 1.24. The largest absolute Gasteiger partial charge is 0.478 e. The Morgan fingerprint density at radius 3 is 2.77 bits per heavy atom. The van der Waals surface area contributed by atoms with E-state index in [0.717, 1.165) is 17.4 Å². The molecule has 1 aromatic carbocycles. The summed E-state index contributed by atoms with van der Waals surface area (Å²) in [7, 11) is 0. The molecule has 0 aliphatic heterocycles. The summed E-state index contributed by atoms with van der Waals surface area (Å²) in [6, 6.07) is 6.90. The Morgan fingerprint density at radius 1 is 1.23 bits per heavy atom. The molecule has 1 amide bonds. The van der Waals surface area contributed by atoms with Crippen molar-refractivity contribution in [3.05, 3.63) is 35.4 Å².